The zero-order valence-corrected chi connectivity index (χ0v) is 14.6. The lowest BCUT2D eigenvalue weighted by atomic mass is 9.94. The van der Waals surface area contributed by atoms with Crippen LogP contribution in [0.4, 0.5) is 13.2 Å². The van der Waals surface area contributed by atoms with Crippen molar-refractivity contribution in [2.45, 2.75) is 25.1 Å². The van der Waals surface area contributed by atoms with E-state index in [-0.39, 0.29) is 30.4 Å². The maximum Gasteiger partial charge on any atom is 0.573 e. The molecule has 1 aromatic rings. The summed E-state index contributed by atoms with van der Waals surface area (Å²) in [5.41, 5.74) is 5.11. The van der Waals surface area contributed by atoms with Crippen LogP contribution >= 0.6 is 12.4 Å². The SMILES string of the molecule is CN(CC(C)(C)CN)S(=O)(=O)c1cccc(OC(F)(F)F)c1.Cl. The molecular weight excluding hydrogens is 357 g/mol. The number of nitrogens with two attached hydrogens (primary N) is 1. The maximum absolute atomic E-state index is 12.4. The predicted octanol–water partition coefficient (Wildman–Crippen LogP) is 2.61. The third-order valence-electron chi connectivity index (χ3n) is 2.95. The molecule has 0 aliphatic carbocycles. The first-order chi connectivity index (χ1) is 9.87. The van der Waals surface area contributed by atoms with E-state index in [1.807, 2.05) is 0 Å². The van der Waals surface area contributed by atoms with Gasteiger partial charge < -0.3 is 10.5 Å². The van der Waals surface area contributed by atoms with Gasteiger partial charge in [0.25, 0.3) is 0 Å². The number of halogens is 4. The Labute approximate surface area is 140 Å². The smallest absolute Gasteiger partial charge is 0.406 e. The molecular formula is C13H20ClF3N2O3S. The Kier molecular flexibility index (Phi) is 7.35. The second kappa shape index (κ2) is 7.69. The molecule has 134 valence electrons. The predicted molar refractivity (Wildman–Crippen MR) is 83.0 cm³/mol. The number of alkyl halides is 3. The fourth-order valence-electron chi connectivity index (χ4n) is 1.76. The van der Waals surface area contributed by atoms with Gasteiger partial charge in [-0.05, 0) is 24.1 Å². The van der Waals surface area contributed by atoms with Gasteiger partial charge in [0, 0.05) is 19.7 Å². The van der Waals surface area contributed by atoms with E-state index in [4.69, 9.17) is 5.73 Å². The van der Waals surface area contributed by atoms with Gasteiger partial charge in [-0.15, -0.1) is 25.6 Å². The minimum Gasteiger partial charge on any atom is -0.406 e. The van der Waals surface area contributed by atoms with Gasteiger partial charge in [0.1, 0.15) is 5.75 Å². The molecule has 0 bridgehead atoms. The van der Waals surface area contributed by atoms with E-state index in [1.54, 1.807) is 13.8 Å². The van der Waals surface area contributed by atoms with Gasteiger partial charge in [0.2, 0.25) is 10.0 Å². The molecule has 0 amide bonds. The standard InChI is InChI=1S/C13H19F3N2O3S.ClH/c1-12(2,8-17)9-18(3)22(19,20)11-6-4-5-10(7-11)21-13(14,15)16;/h4-7H,8-9,17H2,1-3H3;1H. The monoisotopic (exact) mass is 376 g/mol. The third-order valence-corrected chi connectivity index (χ3v) is 4.75. The highest BCUT2D eigenvalue weighted by Gasteiger charge is 2.32. The highest BCUT2D eigenvalue weighted by molar-refractivity contribution is 7.89. The van der Waals surface area contributed by atoms with Crippen LogP contribution in [0.1, 0.15) is 13.8 Å². The summed E-state index contributed by atoms with van der Waals surface area (Å²) in [5.74, 6) is -0.583. The van der Waals surface area contributed by atoms with E-state index in [9.17, 15) is 21.6 Å². The highest BCUT2D eigenvalue weighted by atomic mass is 35.5. The summed E-state index contributed by atoms with van der Waals surface area (Å²) in [7, 11) is -2.58. The molecule has 0 radical (unpaired) electrons. The molecule has 0 heterocycles. The first kappa shape index (κ1) is 22.0. The van der Waals surface area contributed by atoms with Crippen LogP contribution in [0.2, 0.25) is 0 Å². The molecule has 10 heteroatoms. The van der Waals surface area contributed by atoms with Crippen molar-refractivity contribution >= 4 is 22.4 Å². The van der Waals surface area contributed by atoms with Gasteiger partial charge in [-0.25, -0.2) is 12.7 Å². The number of benzene rings is 1. The number of sulfonamides is 1. The van der Waals surface area contributed by atoms with Crippen LogP contribution in [0.25, 0.3) is 0 Å². The number of hydrogen-bond donors (Lipinski definition) is 1. The van der Waals surface area contributed by atoms with Crippen molar-refractivity contribution in [1.82, 2.24) is 4.31 Å². The minimum absolute atomic E-state index is 0. The third kappa shape index (κ3) is 6.54. The Hall–Kier alpha value is -1.03. The Morgan fingerprint density at radius 3 is 2.30 bits per heavy atom. The van der Waals surface area contributed by atoms with Crippen molar-refractivity contribution in [2.75, 3.05) is 20.1 Å². The van der Waals surface area contributed by atoms with Crippen LogP contribution in [-0.2, 0) is 10.0 Å². The number of rotatable bonds is 6. The molecule has 0 saturated heterocycles. The summed E-state index contributed by atoms with van der Waals surface area (Å²) in [4.78, 5) is -0.274. The fourth-order valence-corrected chi connectivity index (χ4v) is 3.16. The van der Waals surface area contributed by atoms with Gasteiger partial charge >= 0.3 is 6.36 Å². The lowest BCUT2D eigenvalue weighted by molar-refractivity contribution is -0.274. The zero-order valence-electron chi connectivity index (χ0n) is 12.9. The van der Waals surface area contributed by atoms with E-state index in [2.05, 4.69) is 4.74 Å². The van der Waals surface area contributed by atoms with Crippen molar-refractivity contribution in [3.8, 4) is 5.75 Å². The number of ether oxygens (including phenoxy) is 1. The first-order valence-electron chi connectivity index (χ1n) is 6.40. The molecule has 5 nitrogen and oxygen atoms in total. The second-order valence-electron chi connectivity index (χ2n) is 5.65. The van der Waals surface area contributed by atoms with Crippen LogP contribution in [0.3, 0.4) is 0 Å². The molecule has 0 saturated carbocycles. The summed E-state index contributed by atoms with van der Waals surface area (Å²) >= 11 is 0. The average molecular weight is 377 g/mol. The Balaban J connectivity index is 0.00000484. The van der Waals surface area contributed by atoms with Crippen molar-refractivity contribution in [3.05, 3.63) is 24.3 Å². The van der Waals surface area contributed by atoms with Gasteiger partial charge in [-0.1, -0.05) is 19.9 Å². The molecule has 1 rings (SSSR count). The van der Waals surface area contributed by atoms with Crippen molar-refractivity contribution in [1.29, 1.82) is 0 Å². The first-order valence-corrected chi connectivity index (χ1v) is 7.84. The quantitative estimate of drug-likeness (QED) is 0.828. The minimum atomic E-state index is -4.88. The molecule has 0 aliphatic heterocycles. The van der Waals surface area contributed by atoms with Crippen LogP contribution < -0.4 is 10.5 Å². The van der Waals surface area contributed by atoms with Gasteiger partial charge in [0.05, 0.1) is 4.90 Å². The van der Waals surface area contributed by atoms with Crippen LogP contribution in [0.15, 0.2) is 29.2 Å². The Bertz CT molecular complexity index is 621. The summed E-state index contributed by atoms with van der Waals surface area (Å²) < 4.78 is 66.2. The molecule has 0 spiro atoms. The van der Waals surface area contributed by atoms with Crippen LogP contribution in [0, 0.1) is 5.41 Å². The van der Waals surface area contributed by atoms with Gasteiger partial charge in [-0.3, -0.25) is 0 Å². The summed E-state index contributed by atoms with van der Waals surface area (Å²) in [5, 5.41) is 0. The van der Waals surface area contributed by atoms with E-state index < -0.39 is 27.6 Å². The largest absolute Gasteiger partial charge is 0.573 e. The maximum atomic E-state index is 12.4. The van der Waals surface area contributed by atoms with Gasteiger partial charge in [0.15, 0.2) is 0 Å². The zero-order chi connectivity index (χ0) is 17.2. The summed E-state index contributed by atoms with van der Waals surface area (Å²) in [6.45, 7) is 3.99. The lowest BCUT2D eigenvalue weighted by Crippen LogP contribution is -2.39. The molecule has 0 atom stereocenters. The van der Waals surface area contributed by atoms with Gasteiger partial charge in [-0.2, -0.15) is 0 Å². The molecule has 1 aromatic carbocycles. The fraction of sp³-hybridized carbons (Fsp3) is 0.538. The Morgan fingerprint density at radius 1 is 1.26 bits per heavy atom. The number of nitrogens with zero attached hydrogens (tertiary/aromatic N) is 1. The topological polar surface area (TPSA) is 72.6 Å². The molecule has 0 aliphatic rings. The van der Waals surface area contributed by atoms with Crippen LogP contribution in [0.5, 0.6) is 5.75 Å². The lowest BCUT2D eigenvalue weighted by Gasteiger charge is -2.28. The number of hydrogen-bond acceptors (Lipinski definition) is 4. The van der Waals surface area contributed by atoms with Crippen molar-refractivity contribution in [2.24, 2.45) is 11.1 Å². The average Bonchev–Trinajstić information content (AvgIpc) is 2.36. The summed E-state index contributed by atoms with van der Waals surface area (Å²) in [6, 6.07) is 4.28. The van der Waals surface area contributed by atoms with E-state index in [0.29, 0.717) is 0 Å². The highest BCUT2D eigenvalue weighted by Crippen LogP contribution is 2.27. The molecule has 2 N–H and O–H groups in total. The molecule has 23 heavy (non-hydrogen) atoms. The molecule has 0 aromatic heterocycles. The Morgan fingerprint density at radius 2 is 1.83 bits per heavy atom. The molecule has 0 fully saturated rings. The van der Waals surface area contributed by atoms with E-state index >= 15 is 0 Å². The van der Waals surface area contributed by atoms with E-state index in [0.717, 1.165) is 16.4 Å². The van der Waals surface area contributed by atoms with Crippen LogP contribution in [-0.4, -0.2) is 39.2 Å². The summed E-state index contributed by atoms with van der Waals surface area (Å²) in [6.07, 6.45) is -4.88. The van der Waals surface area contributed by atoms with E-state index in [1.165, 1.54) is 19.2 Å². The second-order valence-corrected chi connectivity index (χ2v) is 7.70. The van der Waals surface area contributed by atoms with Crippen molar-refractivity contribution in [3.63, 3.8) is 0 Å². The van der Waals surface area contributed by atoms with Crippen molar-refractivity contribution < 1.29 is 26.3 Å². The molecule has 0 unspecified atom stereocenters. The normalized spacial score (nSPS) is 12.9.